The number of aliphatic hydroxyl groups excluding tert-OH is 1. The highest BCUT2D eigenvalue weighted by molar-refractivity contribution is 6.43. The van der Waals surface area contributed by atoms with Gasteiger partial charge in [-0.1, -0.05) is 135 Å². The Labute approximate surface area is 551 Å². The van der Waals surface area contributed by atoms with E-state index in [1.54, 1.807) is 39.3 Å². The number of hydrogen-bond donors (Lipinski definition) is 1. The second-order valence-electron chi connectivity index (χ2n) is 23.7. The fraction of sp³-hybridized carbons (Fsp3) is 0.257. The van der Waals surface area contributed by atoms with Crippen LogP contribution in [0.1, 0.15) is 72.6 Å². The molecule has 8 heterocycles. The Morgan fingerprint density at radius 1 is 0.500 bits per heavy atom. The molecule has 0 bridgehead atoms. The van der Waals surface area contributed by atoms with E-state index in [9.17, 15) is 37.1 Å². The zero-order valence-corrected chi connectivity index (χ0v) is 52.7. The number of Topliss-reactive ketones (excluding diaryl/α,β-unsaturated/α-hetero) is 1. The monoisotopic (exact) mass is 1300 g/mol. The average molecular weight is 1300 g/mol. The normalized spacial score (nSPS) is 21.9. The van der Waals surface area contributed by atoms with Crippen LogP contribution in [0.5, 0.6) is 23.0 Å². The summed E-state index contributed by atoms with van der Waals surface area (Å²) in [4.78, 5) is 41.7. The number of ketones is 1. The van der Waals surface area contributed by atoms with Crippen LogP contribution in [0.3, 0.4) is 0 Å². The van der Waals surface area contributed by atoms with Crippen LogP contribution in [0.2, 0.25) is 0 Å². The topological polar surface area (TPSA) is 183 Å². The van der Waals surface area contributed by atoms with Gasteiger partial charge < -0.3 is 24.1 Å². The molecule has 0 radical (unpaired) electrons. The minimum absolute atomic E-state index is 0.0104. The van der Waals surface area contributed by atoms with Gasteiger partial charge in [-0.2, -0.15) is 20.4 Å². The van der Waals surface area contributed by atoms with E-state index in [1.807, 2.05) is 140 Å². The first-order valence-electron chi connectivity index (χ1n) is 31.6. The van der Waals surface area contributed by atoms with Crippen LogP contribution in [-0.2, 0) is 19.2 Å². The molecule has 8 aromatic carbocycles. The summed E-state index contributed by atoms with van der Waals surface area (Å²) in [6, 6.07) is 56.0. The number of rotatable bonds is 11. The molecule has 0 aliphatic carbocycles. The zero-order valence-electron chi connectivity index (χ0n) is 52.7. The van der Waals surface area contributed by atoms with Gasteiger partial charge in [-0.3, -0.25) is 39.3 Å². The van der Waals surface area contributed by atoms with Crippen molar-refractivity contribution in [3.63, 3.8) is 0 Å². The summed E-state index contributed by atoms with van der Waals surface area (Å²) in [5, 5.41) is 36.8. The van der Waals surface area contributed by atoms with Crippen molar-refractivity contribution in [1.29, 1.82) is 0 Å². The number of aldehydes is 1. The Hall–Kier alpha value is -10.7. The number of halogens is 4. The molecule has 9 atom stereocenters. The maximum absolute atomic E-state index is 13.8. The number of anilines is 4. The first-order chi connectivity index (χ1) is 46.7. The second kappa shape index (κ2) is 27.7. The standard InChI is InChI=1S/C19H18FN3O3.C19H19FN2O2.C19H17FN2O2.C17H13FN2O2/c1-22(25-2)19(24)18-17(12-6-4-3-5-7-12)15-11-26-16-9-8-13(20)10-14(16)23(15)21-18;2*1-2-16(23)19-18(12-6-4-3-5-7-12)15-11-24-17-9-8-13(20)10-14(17)22(15)21-19;18-12-6-7-16-14(8-12)20-15(10-22-16)17(13(9-21)19-20)11-4-2-1-3-5-11/h3-10,15,17H,11H2,1-2H3;3-10,15-16,18,23H,2,11H2,1H3;3-10,15,18H,2,11H2,1H3;1-9,15,17H,10H2/t15-,17+;15-,16?,18+;15-,18+;15-,17-/m0000/s1. The van der Waals surface area contributed by atoms with Crippen LogP contribution in [0, 0.1) is 23.3 Å². The molecule has 0 aromatic heterocycles. The van der Waals surface area contributed by atoms with Crippen LogP contribution in [-0.4, -0.2) is 122 Å². The number of fused-ring (bicyclic) bond motifs is 12. The third-order valence-corrected chi connectivity index (χ3v) is 18.1. The Morgan fingerprint density at radius 2 is 0.833 bits per heavy atom. The minimum Gasteiger partial charge on any atom is -0.489 e. The van der Waals surface area contributed by atoms with E-state index >= 15 is 0 Å². The lowest BCUT2D eigenvalue weighted by molar-refractivity contribution is -0.160. The highest BCUT2D eigenvalue weighted by Gasteiger charge is 2.49. The van der Waals surface area contributed by atoms with Gasteiger partial charge in [0, 0.05) is 37.7 Å². The van der Waals surface area contributed by atoms with Gasteiger partial charge in [-0.05, 0) is 77.2 Å². The van der Waals surface area contributed by atoms with Gasteiger partial charge in [0.25, 0.3) is 5.91 Å². The summed E-state index contributed by atoms with van der Waals surface area (Å²) in [7, 11) is 2.96. The fourth-order valence-electron chi connectivity index (χ4n) is 13.4. The second-order valence-corrected chi connectivity index (χ2v) is 23.7. The molecule has 0 saturated carbocycles. The SMILES string of the molecule is CCC(=O)C1=NN2c3cc(F)ccc3OC[C@H]2[C@H]1c1ccccc1.CCC(O)C1=NN2c3cc(F)ccc3OC[C@H]2[C@H]1c1ccccc1.CON(C)C(=O)C1=NN2c3cc(F)ccc3OC[C@H]2[C@H]1c1ccccc1.O=CC1=NN2c3cc(F)ccc3OC[C@H]2[C@H]1c1ccccc1. The summed E-state index contributed by atoms with van der Waals surface area (Å²) in [5.41, 5.74) is 8.35. The van der Waals surface area contributed by atoms with E-state index in [0.717, 1.165) is 39.3 Å². The third kappa shape index (κ3) is 12.4. The van der Waals surface area contributed by atoms with Gasteiger partial charge in [-0.15, -0.1) is 0 Å². The molecule has 8 aliphatic rings. The molecule has 8 aliphatic heterocycles. The smallest absolute Gasteiger partial charge is 0.294 e. The van der Waals surface area contributed by atoms with Crippen LogP contribution in [0.25, 0.3) is 0 Å². The van der Waals surface area contributed by atoms with E-state index in [0.29, 0.717) is 102 Å². The van der Waals surface area contributed by atoms with Crippen molar-refractivity contribution >= 4 is 63.6 Å². The van der Waals surface area contributed by atoms with Gasteiger partial charge in [0.1, 0.15) is 113 Å². The minimum atomic E-state index is -0.627. The number of carbonyl (C=O) groups is 3. The molecule has 96 heavy (non-hydrogen) atoms. The molecule has 0 spiro atoms. The van der Waals surface area contributed by atoms with Crippen LogP contribution >= 0.6 is 0 Å². The maximum Gasteiger partial charge on any atom is 0.294 e. The predicted octanol–water partition coefficient (Wildman–Crippen LogP) is 12.2. The summed E-state index contributed by atoms with van der Waals surface area (Å²) < 4.78 is 78.0. The quantitative estimate of drug-likeness (QED) is 0.0734. The lowest BCUT2D eigenvalue weighted by atomic mass is 9.85. The first kappa shape index (κ1) is 64.0. The summed E-state index contributed by atoms with van der Waals surface area (Å²) >= 11 is 0. The average Bonchev–Trinajstić information content (AvgIpc) is 1.61. The van der Waals surface area contributed by atoms with E-state index in [4.69, 9.17) is 23.8 Å². The van der Waals surface area contributed by atoms with Crippen molar-refractivity contribution in [2.24, 2.45) is 20.4 Å². The van der Waals surface area contributed by atoms with Crippen LogP contribution in [0.4, 0.5) is 40.3 Å². The van der Waals surface area contributed by atoms with Gasteiger partial charge >= 0.3 is 0 Å². The summed E-state index contributed by atoms with van der Waals surface area (Å²) in [6.45, 7) is 5.35. The molecule has 490 valence electrons. The molecule has 1 N–H and O–H groups in total. The summed E-state index contributed by atoms with van der Waals surface area (Å²) in [5.74, 6) is -0.113. The van der Waals surface area contributed by atoms with Crippen molar-refractivity contribution < 1.29 is 60.8 Å². The molecule has 22 heteroatoms. The number of benzene rings is 8. The Kier molecular flexibility index (Phi) is 18.5. The molecule has 0 saturated heterocycles. The van der Waals surface area contributed by atoms with Gasteiger partial charge in [-0.25, -0.2) is 22.6 Å². The Balaban J connectivity index is 0.000000116. The van der Waals surface area contributed by atoms with Gasteiger partial charge in [0.05, 0.1) is 66.8 Å². The van der Waals surface area contributed by atoms with Gasteiger partial charge in [0.15, 0.2) is 12.1 Å². The lowest BCUT2D eigenvalue weighted by Crippen LogP contribution is -2.42. The number of carbonyl (C=O) groups excluding carboxylic acids is 3. The molecule has 16 rings (SSSR count). The molecular weight excluding hydrogens is 1230 g/mol. The van der Waals surface area contributed by atoms with Crippen molar-refractivity contribution in [1.82, 2.24) is 5.06 Å². The summed E-state index contributed by atoms with van der Waals surface area (Å²) in [6.07, 6.45) is 1.12. The Bertz CT molecular complexity index is 4330. The fourth-order valence-corrected chi connectivity index (χ4v) is 13.4. The predicted molar refractivity (Wildman–Crippen MR) is 357 cm³/mol. The largest absolute Gasteiger partial charge is 0.489 e. The van der Waals surface area contributed by atoms with E-state index in [2.05, 4.69) is 20.4 Å². The molecule has 1 amide bonds. The Morgan fingerprint density at radius 3 is 1.21 bits per heavy atom. The molecule has 18 nitrogen and oxygen atoms in total. The molecule has 0 fully saturated rings. The zero-order chi connectivity index (χ0) is 66.7. The number of ether oxygens (including phenoxy) is 4. The third-order valence-electron chi connectivity index (χ3n) is 18.1. The highest BCUT2D eigenvalue weighted by Crippen LogP contribution is 2.48. The number of amides is 1. The number of hydroxylamine groups is 2. The maximum atomic E-state index is 13.8. The number of aliphatic hydroxyl groups is 1. The lowest BCUT2D eigenvalue weighted by Gasteiger charge is -2.34. The number of hydrazone groups is 4. The van der Waals surface area contributed by atoms with Crippen molar-refractivity contribution in [2.45, 2.75) is 80.6 Å². The van der Waals surface area contributed by atoms with Crippen molar-refractivity contribution in [2.75, 3.05) is 60.6 Å². The number of nitrogens with zero attached hydrogens (tertiary/aromatic N) is 9. The van der Waals surface area contributed by atoms with E-state index in [-0.39, 0.29) is 82.8 Å². The van der Waals surface area contributed by atoms with E-state index in [1.165, 1.54) is 62.7 Å². The van der Waals surface area contributed by atoms with E-state index < -0.39 is 6.10 Å². The first-order valence-corrected chi connectivity index (χ1v) is 31.6. The van der Waals surface area contributed by atoms with Crippen molar-refractivity contribution in [3.05, 3.63) is 240 Å². The number of hydrogen-bond acceptors (Lipinski definition) is 17. The van der Waals surface area contributed by atoms with Crippen molar-refractivity contribution in [3.8, 4) is 23.0 Å². The molecule has 8 aromatic rings. The van der Waals surface area contributed by atoms with Crippen LogP contribution < -0.4 is 39.0 Å². The molecular formula is C74H67F4N9O9. The molecule has 1 unspecified atom stereocenters. The van der Waals surface area contributed by atoms with Gasteiger partial charge in [0.2, 0.25) is 0 Å². The van der Waals surface area contributed by atoms with Crippen LogP contribution in [0.15, 0.2) is 215 Å². The highest BCUT2D eigenvalue weighted by atomic mass is 19.1.